The van der Waals surface area contributed by atoms with Crippen LogP contribution in [0.25, 0.3) is 0 Å². The lowest BCUT2D eigenvalue weighted by atomic mass is 9.48. The zero-order valence-corrected chi connectivity index (χ0v) is 27.0. The minimum Gasteiger partial charge on any atom is -0.497 e. The van der Waals surface area contributed by atoms with E-state index in [0.29, 0.717) is 17.9 Å². The van der Waals surface area contributed by atoms with Gasteiger partial charge in [0.1, 0.15) is 18.3 Å². The highest BCUT2D eigenvalue weighted by Gasteiger charge is 2.51. The third-order valence-electron chi connectivity index (χ3n) is 9.81. The molecule has 1 N–H and O–H groups in total. The van der Waals surface area contributed by atoms with Gasteiger partial charge in [-0.25, -0.2) is 8.42 Å². The molecule has 1 atom stereocenters. The van der Waals surface area contributed by atoms with Crippen LogP contribution in [0.3, 0.4) is 0 Å². The van der Waals surface area contributed by atoms with Crippen LogP contribution in [0.1, 0.15) is 76.8 Å². The van der Waals surface area contributed by atoms with Crippen molar-refractivity contribution in [3.63, 3.8) is 0 Å². The quantitative estimate of drug-likeness (QED) is 0.354. The summed E-state index contributed by atoms with van der Waals surface area (Å²) < 4.78 is 32.7. The molecule has 1 unspecified atom stereocenters. The van der Waals surface area contributed by atoms with Gasteiger partial charge in [-0.3, -0.25) is 13.9 Å². The normalized spacial score (nSPS) is 24.9. The van der Waals surface area contributed by atoms with Gasteiger partial charge in [0.15, 0.2) is 0 Å². The van der Waals surface area contributed by atoms with Gasteiger partial charge in [-0.2, -0.15) is 0 Å². The fraction of sp³-hybridized carbons (Fsp3) is 0.588. The minimum absolute atomic E-state index is 0.0977. The molecule has 234 valence electrons. The van der Waals surface area contributed by atoms with Crippen LogP contribution in [0.5, 0.6) is 5.75 Å². The molecule has 2 aromatic rings. The summed E-state index contributed by atoms with van der Waals surface area (Å²) in [6, 6.07) is 14.4. The van der Waals surface area contributed by atoms with E-state index in [-0.39, 0.29) is 23.9 Å². The summed E-state index contributed by atoms with van der Waals surface area (Å²) in [7, 11) is -2.20. The van der Waals surface area contributed by atoms with Gasteiger partial charge in [0.05, 0.1) is 19.1 Å². The predicted molar refractivity (Wildman–Crippen MR) is 169 cm³/mol. The number of benzene rings is 2. The molecule has 43 heavy (non-hydrogen) atoms. The lowest BCUT2D eigenvalue weighted by Gasteiger charge is -2.57. The van der Waals surface area contributed by atoms with E-state index < -0.39 is 28.5 Å². The van der Waals surface area contributed by atoms with Crippen molar-refractivity contribution in [1.82, 2.24) is 10.2 Å². The third-order valence-corrected chi connectivity index (χ3v) is 11.0. The maximum atomic E-state index is 14.0. The summed E-state index contributed by atoms with van der Waals surface area (Å²) >= 11 is 0. The summed E-state index contributed by atoms with van der Waals surface area (Å²) in [6.45, 7) is 5.38. The SMILES string of the molecule is CCC(C(=O)NC(C)C)N(Cc1ccc(OC)cc1)C(=O)CN(c1ccc(C23CC4CC(CC(C4)C2)C3)cc1)S(C)(=O)=O. The fourth-order valence-electron chi connectivity index (χ4n) is 8.29. The molecule has 0 aliphatic heterocycles. The Balaban J connectivity index is 1.40. The van der Waals surface area contributed by atoms with Crippen molar-refractivity contribution < 1.29 is 22.7 Å². The van der Waals surface area contributed by atoms with Gasteiger partial charge in [0.25, 0.3) is 0 Å². The second kappa shape index (κ2) is 12.5. The average molecular weight is 610 g/mol. The van der Waals surface area contributed by atoms with E-state index in [1.807, 2.05) is 45.0 Å². The Bertz CT molecular complexity index is 1370. The summed E-state index contributed by atoms with van der Waals surface area (Å²) in [6.07, 6.45) is 9.28. The van der Waals surface area contributed by atoms with Gasteiger partial charge in [0, 0.05) is 12.6 Å². The number of nitrogens with one attached hydrogen (secondary N) is 1. The van der Waals surface area contributed by atoms with Crippen molar-refractivity contribution in [2.45, 2.75) is 89.8 Å². The van der Waals surface area contributed by atoms with E-state index in [1.54, 1.807) is 19.2 Å². The number of carbonyl (C=O) groups excluding carboxylic acids is 2. The molecule has 2 aromatic carbocycles. The zero-order valence-electron chi connectivity index (χ0n) is 26.2. The van der Waals surface area contributed by atoms with E-state index in [0.717, 1.165) is 29.6 Å². The summed E-state index contributed by atoms with van der Waals surface area (Å²) in [5.41, 5.74) is 2.78. The van der Waals surface area contributed by atoms with E-state index in [2.05, 4.69) is 17.4 Å². The first-order chi connectivity index (χ1) is 20.4. The molecule has 2 amide bonds. The monoisotopic (exact) mass is 609 g/mol. The molecule has 8 nitrogen and oxygen atoms in total. The zero-order chi connectivity index (χ0) is 30.9. The first kappa shape index (κ1) is 31.4. The number of anilines is 1. The van der Waals surface area contributed by atoms with Gasteiger partial charge in [-0.05, 0) is 117 Å². The van der Waals surface area contributed by atoms with Crippen LogP contribution in [0.2, 0.25) is 0 Å². The van der Waals surface area contributed by atoms with Crippen molar-refractivity contribution in [3.05, 3.63) is 59.7 Å². The van der Waals surface area contributed by atoms with Crippen molar-refractivity contribution in [1.29, 1.82) is 0 Å². The Morgan fingerprint density at radius 2 is 1.51 bits per heavy atom. The molecule has 0 spiro atoms. The molecule has 4 fully saturated rings. The number of hydrogen-bond acceptors (Lipinski definition) is 5. The first-order valence-corrected chi connectivity index (χ1v) is 17.6. The highest BCUT2D eigenvalue weighted by molar-refractivity contribution is 7.92. The Labute approximate surface area is 257 Å². The molecule has 4 bridgehead atoms. The molecule has 0 aromatic heterocycles. The minimum atomic E-state index is -3.79. The molecule has 6 rings (SSSR count). The maximum absolute atomic E-state index is 14.0. The van der Waals surface area contributed by atoms with Gasteiger partial charge in [0.2, 0.25) is 21.8 Å². The average Bonchev–Trinajstić information content (AvgIpc) is 2.94. The smallest absolute Gasteiger partial charge is 0.244 e. The van der Waals surface area contributed by atoms with Crippen LogP contribution in [-0.4, -0.2) is 57.1 Å². The molecule has 9 heteroatoms. The molecule has 0 heterocycles. The number of sulfonamides is 1. The van der Waals surface area contributed by atoms with E-state index >= 15 is 0 Å². The summed E-state index contributed by atoms with van der Waals surface area (Å²) in [5.74, 6) is 2.43. The summed E-state index contributed by atoms with van der Waals surface area (Å²) in [5, 5.41) is 2.92. The number of carbonyl (C=O) groups is 2. The summed E-state index contributed by atoms with van der Waals surface area (Å²) in [4.78, 5) is 28.7. The Hall–Kier alpha value is -3.07. The topological polar surface area (TPSA) is 96.0 Å². The van der Waals surface area contributed by atoms with Crippen LogP contribution in [0, 0.1) is 17.8 Å². The van der Waals surface area contributed by atoms with Gasteiger partial charge >= 0.3 is 0 Å². The first-order valence-electron chi connectivity index (χ1n) is 15.7. The lowest BCUT2D eigenvalue weighted by molar-refractivity contribution is -0.140. The number of hydrogen-bond donors (Lipinski definition) is 1. The molecule has 0 saturated heterocycles. The number of amides is 2. The number of ether oxygens (including phenoxy) is 1. The maximum Gasteiger partial charge on any atom is 0.244 e. The molecule has 0 radical (unpaired) electrons. The highest BCUT2D eigenvalue weighted by Crippen LogP contribution is 2.60. The van der Waals surface area contributed by atoms with Crippen LogP contribution in [0.4, 0.5) is 5.69 Å². The molecular formula is C34H47N3O5S. The van der Waals surface area contributed by atoms with E-state index in [4.69, 9.17) is 4.74 Å². The van der Waals surface area contributed by atoms with Crippen LogP contribution >= 0.6 is 0 Å². The molecule has 4 saturated carbocycles. The Kier molecular flexibility index (Phi) is 9.12. The number of rotatable bonds is 12. The van der Waals surface area contributed by atoms with Gasteiger partial charge in [-0.15, -0.1) is 0 Å². The van der Waals surface area contributed by atoms with Crippen molar-refractivity contribution in [2.75, 3.05) is 24.2 Å². The van der Waals surface area contributed by atoms with Crippen molar-refractivity contribution in [3.8, 4) is 5.75 Å². The predicted octanol–water partition coefficient (Wildman–Crippen LogP) is 5.26. The van der Waals surface area contributed by atoms with Crippen LogP contribution in [-0.2, 0) is 31.6 Å². The standard InChI is InChI=1S/C34H47N3O5S/c1-6-31(33(39)35-23(2)3)36(21-24-7-13-30(42-4)14-8-24)32(38)22-37(43(5,40)41)29-11-9-28(10-12-29)34-18-25-15-26(19-34)17-27(16-25)20-34/h7-14,23,25-27,31H,6,15-22H2,1-5H3,(H,35,39). The number of methoxy groups -OCH3 is 1. The second-order valence-electron chi connectivity index (χ2n) is 13.5. The van der Waals surface area contributed by atoms with Crippen molar-refractivity contribution in [2.24, 2.45) is 17.8 Å². The molecule has 4 aliphatic carbocycles. The lowest BCUT2D eigenvalue weighted by Crippen LogP contribution is -2.53. The van der Waals surface area contributed by atoms with Crippen LogP contribution < -0.4 is 14.4 Å². The fourth-order valence-corrected chi connectivity index (χ4v) is 9.14. The third kappa shape index (κ3) is 6.87. The van der Waals surface area contributed by atoms with Crippen molar-refractivity contribution >= 4 is 27.5 Å². The largest absolute Gasteiger partial charge is 0.497 e. The van der Waals surface area contributed by atoms with Gasteiger partial charge < -0.3 is 15.0 Å². The molecular weight excluding hydrogens is 562 g/mol. The highest BCUT2D eigenvalue weighted by atomic mass is 32.2. The van der Waals surface area contributed by atoms with E-state index in [1.165, 1.54) is 53.3 Å². The molecule has 4 aliphatic rings. The van der Waals surface area contributed by atoms with E-state index in [9.17, 15) is 18.0 Å². The van der Waals surface area contributed by atoms with Crippen LogP contribution in [0.15, 0.2) is 48.5 Å². The Morgan fingerprint density at radius 3 is 1.98 bits per heavy atom. The Morgan fingerprint density at radius 1 is 0.953 bits per heavy atom. The second-order valence-corrected chi connectivity index (χ2v) is 15.4. The number of nitrogens with zero attached hydrogens (tertiary/aromatic N) is 2. The van der Waals surface area contributed by atoms with Gasteiger partial charge in [-0.1, -0.05) is 31.2 Å².